The van der Waals surface area contributed by atoms with E-state index in [4.69, 9.17) is 0 Å². The monoisotopic (exact) mass is 220 g/mol. The van der Waals surface area contributed by atoms with E-state index < -0.39 is 16.8 Å². The van der Waals surface area contributed by atoms with Gasteiger partial charge in [-0.15, -0.1) is 0 Å². The summed E-state index contributed by atoms with van der Waals surface area (Å²) in [6.45, 7) is 14.5. The predicted molar refractivity (Wildman–Crippen MR) is 62.3 cm³/mol. The molecule has 0 aliphatic heterocycles. The van der Waals surface area contributed by atoms with Gasteiger partial charge in [0.2, 0.25) is 0 Å². The van der Waals surface area contributed by atoms with Crippen LogP contribution in [0.5, 0.6) is 0 Å². The Kier molecular flexibility index (Phi) is 3.67. The highest BCUT2D eigenvalue weighted by Crippen LogP contribution is 2.53. The van der Waals surface area contributed by atoms with E-state index in [2.05, 4.69) is 0 Å². The smallest absolute Gasteiger partial charge is 0.206 e. The molecular weight excluding hydrogens is 194 g/mol. The summed E-state index contributed by atoms with van der Waals surface area (Å²) in [5.41, 5.74) is -1.74. The molecule has 0 aromatic heterocycles. The van der Waals surface area contributed by atoms with Gasteiger partial charge < -0.3 is 0 Å². The Morgan fingerprint density at radius 3 is 1.27 bits per heavy atom. The molecule has 0 rings (SSSR count). The van der Waals surface area contributed by atoms with Crippen LogP contribution < -0.4 is 0 Å². The first-order valence-electron chi connectivity index (χ1n) is 5.59. The molecule has 0 atom stereocenters. The fourth-order valence-electron chi connectivity index (χ4n) is 1.44. The van der Waals surface area contributed by atoms with Crippen molar-refractivity contribution in [2.75, 3.05) is 0 Å². The second-order valence-electron chi connectivity index (χ2n) is 7.32. The first-order valence-corrected chi connectivity index (χ1v) is 5.59. The SMILES string of the molecule is CC(C)(C)CC(F)(F)C(C)(C)C(C)(C)C. The van der Waals surface area contributed by atoms with Gasteiger partial charge in [0.25, 0.3) is 5.92 Å². The van der Waals surface area contributed by atoms with Crippen molar-refractivity contribution in [3.05, 3.63) is 0 Å². The van der Waals surface area contributed by atoms with Crippen LogP contribution in [0.25, 0.3) is 0 Å². The topological polar surface area (TPSA) is 0 Å². The quantitative estimate of drug-likeness (QED) is 0.605. The predicted octanol–water partition coefficient (Wildman–Crippen LogP) is 5.13. The highest BCUT2D eigenvalue weighted by Gasteiger charge is 2.54. The summed E-state index contributed by atoms with van der Waals surface area (Å²) in [6.07, 6.45) is -0.0652. The molecule has 0 aliphatic carbocycles. The molecule has 15 heavy (non-hydrogen) atoms. The molecule has 92 valence electrons. The molecule has 0 aromatic carbocycles. The van der Waals surface area contributed by atoms with Crippen molar-refractivity contribution in [3.8, 4) is 0 Å². The lowest BCUT2D eigenvalue weighted by atomic mass is 9.63. The van der Waals surface area contributed by atoms with Gasteiger partial charge in [0.15, 0.2) is 0 Å². The van der Waals surface area contributed by atoms with Gasteiger partial charge in [-0.3, -0.25) is 0 Å². The second kappa shape index (κ2) is 3.71. The van der Waals surface area contributed by atoms with Crippen molar-refractivity contribution in [1.82, 2.24) is 0 Å². The summed E-state index contributed by atoms with van der Waals surface area (Å²) < 4.78 is 28.4. The second-order valence-corrected chi connectivity index (χ2v) is 7.32. The number of hydrogen-bond acceptors (Lipinski definition) is 0. The molecule has 0 saturated carbocycles. The number of alkyl halides is 2. The highest BCUT2D eigenvalue weighted by molar-refractivity contribution is 4.95. The van der Waals surface area contributed by atoms with Gasteiger partial charge in [-0.1, -0.05) is 55.4 Å². The van der Waals surface area contributed by atoms with Crippen LogP contribution in [0.1, 0.15) is 61.8 Å². The van der Waals surface area contributed by atoms with Crippen molar-refractivity contribution in [2.24, 2.45) is 16.2 Å². The molecule has 2 heteroatoms. The lowest BCUT2D eigenvalue weighted by Crippen LogP contribution is -2.47. The number of hydrogen-bond donors (Lipinski definition) is 0. The minimum Gasteiger partial charge on any atom is -0.206 e. The van der Waals surface area contributed by atoms with Crippen molar-refractivity contribution in [3.63, 3.8) is 0 Å². The average molecular weight is 220 g/mol. The van der Waals surface area contributed by atoms with Crippen molar-refractivity contribution >= 4 is 0 Å². The Bertz CT molecular complexity index is 214. The highest BCUT2D eigenvalue weighted by atomic mass is 19.3. The summed E-state index contributed by atoms with van der Waals surface area (Å²) in [5.74, 6) is -2.64. The third-order valence-corrected chi connectivity index (χ3v) is 3.54. The summed E-state index contributed by atoms with van der Waals surface area (Å²) in [7, 11) is 0. The Morgan fingerprint density at radius 2 is 1.07 bits per heavy atom. The first-order chi connectivity index (χ1) is 6.21. The van der Waals surface area contributed by atoms with E-state index in [1.54, 1.807) is 13.8 Å². The first kappa shape index (κ1) is 14.9. The molecule has 0 spiro atoms. The Labute approximate surface area is 93.4 Å². The number of rotatable bonds is 2. The van der Waals surface area contributed by atoms with Crippen molar-refractivity contribution < 1.29 is 8.78 Å². The molecular formula is C13H26F2. The van der Waals surface area contributed by atoms with Gasteiger partial charge >= 0.3 is 0 Å². The van der Waals surface area contributed by atoms with Crippen LogP contribution in [0.15, 0.2) is 0 Å². The Hall–Kier alpha value is -0.140. The van der Waals surface area contributed by atoms with Crippen LogP contribution in [0, 0.1) is 16.2 Å². The van der Waals surface area contributed by atoms with Crippen molar-refractivity contribution in [2.45, 2.75) is 67.7 Å². The third kappa shape index (κ3) is 3.42. The molecule has 0 saturated heterocycles. The molecule has 0 amide bonds. The maximum absolute atomic E-state index is 14.2. The zero-order valence-electron chi connectivity index (χ0n) is 11.5. The van der Waals surface area contributed by atoms with E-state index in [-0.39, 0.29) is 11.8 Å². The van der Waals surface area contributed by atoms with E-state index >= 15 is 0 Å². The van der Waals surface area contributed by atoms with Crippen LogP contribution in [0.4, 0.5) is 8.78 Å². The van der Waals surface area contributed by atoms with Gasteiger partial charge in [-0.05, 0) is 10.8 Å². The van der Waals surface area contributed by atoms with Gasteiger partial charge in [-0.2, -0.15) is 0 Å². The molecule has 0 N–H and O–H groups in total. The maximum atomic E-state index is 14.2. The molecule has 0 unspecified atom stereocenters. The third-order valence-electron chi connectivity index (χ3n) is 3.54. The summed E-state index contributed by atoms with van der Waals surface area (Å²) in [6, 6.07) is 0. The zero-order valence-corrected chi connectivity index (χ0v) is 11.5. The van der Waals surface area contributed by atoms with E-state index in [9.17, 15) is 8.78 Å². The van der Waals surface area contributed by atoms with Gasteiger partial charge in [0, 0.05) is 11.8 Å². The van der Waals surface area contributed by atoms with Gasteiger partial charge in [0.05, 0.1) is 0 Å². The van der Waals surface area contributed by atoms with Gasteiger partial charge in [-0.25, -0.2) is 8.78 Å². The largest absolute Gasteiger partial charge is 0.254 e. The van der Waals surface area contributed by atoms with Crippen LogP contribution in [-0.4, -0.2) is 5.92 Å². The van der Waals surface area contributed by atoms with E-state index in [0.717, 1.165) is 0 Å². The summed E-state index contributed by atoms with van der Waals surface area (Å²) in [4.78, 5) is 0. The fourth-order valence-corrected chi connectivity index (χ4v) is 1.44. The lowest BCUT2D eigenvalue weighted by Gasteiger charge is -2.46. The summed E-state index contributed by atoms with van der Waals surface area (Å²) >= 11 is 0. The maximum Gasteiger partial charge on any atom is 0.254 e. The van der Waals surface area contributed by atoms with Crippen LogP contribution in [-0.2, 0) is 0 Å². The van der Waals surface area contributed by atoms with Crippen molar-refractivity contribution in [1.29, 1.82) is 0 Å². The average Bonchev–Trinajstić information content (AvgIpc) is 1.77. The molecule has 0 heterocycles. The van der Waals surface area contributed by atoms with Crippen LogP contribution in [0.3, 0.4) is 0 Å². The Balaban J connectivity index is 5.03. The Morgan fingerprint density at radius 1 is 0.733 bits per heavy atom. The number of halogens is 2. The molecule has 0 nitrogen and oxygen atoms in total. The molecule has 0 aliphatic rings. The van der Waals surface area contributed by atoms with Crippen LogP contribution >= 0.6 is 0 Å². The minimum absolute atomic E-state index is 0.0652. The summed E-state index contributed by atoms with van der Waals surface area (Å²) in [5, 5.41) is 0. The normalized spacial score (nSPS) is 15.6. The van der Waals surface area contributed by atoms with Crippen LogP contribution in [0.2, 0.25) is 0 Å². The zero-order chi connectivity index (χ0) is 12.7. The van der Waals surface area contributed by atoms with E-state index in [0.29, 0.717) is 0 Å². The molecule has 0 radical (unpaired) electrons. The molecule has 0 fully saturated rings. The standard InChI is InChI=1S/C13H26F2/c1-10(2,3)9-13(14,15)12(7,8)11(4,5)6/h9H2,1-8H3. The minimum atomic E-state index is -2.64. The van der Waals surface area contributed by atoms with E-state index in [1.165, 1.54) is 0 Å². The fraction of sp³-hybridized carbons (Fsp3) is 1.00. The molecule has 0 aromatic rings. The van der Waals surface area contributed by atoms with E-state index in [1.807, 2.05) is 41.5 Å². The molecule has 0 bridgehead atoms. The lowest BCUT2D eigenvalue weighted by molar-refractivity contribution is -0.171. The van der Waals surface area contributed by atoms with Gasteiger partial charge in [0.1, 0.15) is 0 Å².